The highest BCUT2D eigenvalue weighted by atomic mass is 32.1. The van der Waals surface area contributed by atoms with Crippen LogP contribution in [0.2, 0.25) is 0 Å². The number of hydrogen-bond acceptors (Lipinski definition) is 1. The van der Waals surface area contributed by atoms with Crippen LogP contribution in [-0.4, -0.2) is 9.97 Å². The molecule has 0 aliphatic carbocycles. The van der Waals surface area contributed by atoms with E-state index < -0.39 is 0 Å². The lowest BCUT2D eigenvalue weighted by Gasteiger charge is -2.00. The molecule has 0 amide bonds. The first-order valence-corrected chi connectivity index (χ1v) is 3.94. The highest BCUT2D eigenvalue weighted by Crippen LogP contribution is 2.14. The molecule has 0 radical (unpaired) electrons. The summed E-state index contributed by atoms with van der Waals surface area (Å²) >= 11 is 4.92. The molecule has 0 aromatic carbocycles. The van der Waals surface area contributed by atoms with Gasteiger partial charge in [-0.3, -0.25) is 0 Å². The fourth-order valence-corrected chi connectivity index (χ4v) is 1.15. The summed E-state index contributed by atoms with van der Waals surface area (Å²) in [6, 6.07) is 2.05. The average Bonchev–Trinajstić information content (AvgIpc) is 2.09. The van der Waals surface area contributed by atoms with Gasteiger partial charge in [0, 0.05) is 11.4 Å². The Balaban J connectivity index is 2.85. The summed E-state index contributed by atoms with van der Waals surface area (Å²) in [4.78, 5) is 3.99. The van der Waals surface area contributed by atoms with Crippen molar-refractivity contribution in [2.75, 3.05) is 5.32 Å². The van der Waals surface area contributed by atoms with E-state index in [1.54, 1.807) is 0 Å². The van der Waals surface area contributed by atoms with Crippen LogP contribution in [0.3, 0.4) is 0 Å². The quantitative estimate of drug-likeness (QED) is 0.630. The minimum Gasteiger partial charge on any atom is -0.361 e. The molecule has 0 bridgehead atoms. The zero-order valence-electron chi connectivity index (χ0n) is 6.99. The van der Waals surface area contributed by atoms with Gasteiger partial charge >= 0.3 is 0 Å². The third-order valence-electron chi connectivity index (χ3n) is 1.46. The van der Waals surface area contributed by atoms with Gasteiger partial charge in [0.25, 0.3) is 0 Å². The van der Waals surface area contributed by atoms with Gasteiger partial charge in [-0.15, -0.1) is 0 Å². The lowest BCUT2D eigenvalue weighted by Crippen LogP contribution is -2.03. The molecule has 0 aliphatic heterocycles. The van der Waals surface area contributed by atoms with E-state index in [1.165, 1.54) is 0 Å². The molecule has 0 saturated carbocycles. The molecule has 60 valence electrons. The first-order chi connectivity index (χ1) is 5.09. The number of hydrogen-bond donors (Lipinski definition) is 2. The summed E-state index contributed by atoms with van der Waals surface area (Å²) < 4.78 is 0. The molecule has 3 heteroatoms. The van der Waals surface area contributed by atoms with Crippen molar-refractivity contribution in [1.29, 1.82) is 0 Å². The molecular weight excluding hydrogens is 156 g/mol. The fourth-order valence-electron chi connectivity index (χ4n) is 1.04. The van der Waals surface area contributed by atoms with Crippen LogP contribution in [0.25, 0.3) is 0 Å². The summed E-state index contributed by atoms with van der Waals surface area (Å²) in [6.45, 7) is 5.92. The molecule has 0 spiro atoms. The van der Waals surface area contributed by atoms with E-state index in [9.17, 15) is 0 Å². The van der Waals surface area contributed by atoms with Gasteiger partial charge in [0.15, 0.2) is 0 Å². The van der Waals surface area contributed by atoms with Crippen molar-refractivity contribution in [2.24, 2.45) is 0 Å². The van der Waals surface area contributed by atoms with E-state index in [-0.39, 0.29) is 0 Å². The Morgan fingerprint density at radius 2 is 2.18 bits per heavy atom. The molecule has 0 fully saturated rings. The van der Waals surface area contributed by atoms with Crippen molar-refractivity contribution in [1.82, 2.24) is 4.98 Å². The summed E-state index contributed by atoms with van der Waals surface area (Å²) in [5.41, 5.74) is 3.36. The van der Waals surface area contributed by atoms with Gasteiger partial charge in [0.1, 0.15) is 0 Å². The van der Waals surface area contributed by atoms with E-state index in [0.29, 0.717) is 0 Å². The second kappa shape index (κ2) is 3.05. The van der Waals surface area contributed by atoms with Crippen LogP contribution in [0, 0.1) is 13.8 Å². The second-order valence-electron chi connectivity index (χ2n) is 2.67. The maximum atomic E-state index is 4.92. The van der Waals surface area contributed by atoms with Gasteiger partial charge in [-0.1, -0.05) is 12.2 Å². The highest BCUT2D eigenvalue weighted by Gasteiger charge is 1.99. The third-order valence-corrected chi connectivity index (χ3v) is 1.56. The minimum atomic E-state index is 0.798. The zero-order chi connectivity index (χ0) is 8.43. The molecular formula is C8H12N2S. The van der Waals surface area contributed by atoms with Gasteiger partial charge < -0.3 is 10.3 Å². The molecule has 0 unspecified atom stereocenters. The Morgan fingerprint density at radius 1 is 1.55 bits per heavy atom. The lowest BCUT2D eigenvalue weighted by molar-refractivity contribution is 1.19. The van der Waals surface area contributed by atoms with Crippen molar-refractivity contribution >= 4 is 22.9 Å². The van der Waals surface area contributed by atoms with Crippen LogP contribution in [0.1, 0.15) is 18.3 Å². The zero-order valence-corrected chi connectivity index (χ0v) is 7.80. The van der Waals surface area contributed by atoms with Crippen molar-refractivity contribution in [2.45, 2.75) is 20.8 Å². The number of aromatic nitrogens is 1. The molecule has 2 nitrogen and oxygen atoms in total. The Labute approximate surface area is 72.0 Å². The Kier molecular flexibility index (Phi) is 2.29. The van der Waals surface area contributed by atoms with Crippen LogP contribution in [0.5, 0.6) is 0 Å². The minimum absolute atomic E-state index is 0.798. The van der Waals surface area contributed by atoms with Crippen LogP contribution in [0.15, 0.2) is 6.07 Å². The van der Waals surface area contributed by atoms with Crippen molar-refractivity contribution in [3.8, 4) is 0 Å². The molecule has 0 atom stereocenters. The second-order valence-corrected chi connectivity index (χ2v) is 3.28. The monoisotopic (exact) mass is 168 g/mol. The van der Waals surface area contributed by atoms with Gasteiger partial charge in [0.2, 0.25) is 0 Å². The van der Waals surface area contributed by atoms with E-state index in [1.807, 2.05) is 26.8 Å². The standard InChI is InChI=1S/C8H12N2S/c1-5-4-8(6(2)9-5)10-7(3)11/h4,9H,1-3H3,(H,10,11). The number of H-pyrrole nitrogens is 1. The van der Waals surface area contributed by atoms with Gasteiger partial charge in [-0.25, -0.2) is 0 Å². The van der Waals surface area contributed by atoms with Crippen LogP contribution >= 0.6 is 12.2 Å². The third kappa shape index (κ3) is 2.05. The predicted molar refractivity (Wildman–Crippen MR) is 52.2 cm³/mol. The fraction of sp³-hybridized carbons (Fsp3) is 0.375. The molecule has 2 N–H and O–H groups in total. The average molecular weight is 168 g/mol. The molecule has 1 aromatic rings. The predicted octanol–water partition coefficient (Wildman–Crippen LogP) is 2.39. The molecule has 0 aliphatic rings. The molecule has 0 saturated heterocycles. The van der Waals surface area contributed by atoms with Crippen molar-refractivity contribution in [3.63, 3.8) is 0 Å². The number of aromatic amines is 1. The van der Waals surface area contributed by atoms with Crippen LogP contribution < -0.4 is 5.32 Å². The normalized spacial score (nSPS) is 9.73. The van der Waals surface area contributed by atoms with E-state index in [0.717, 1.165) is 22.1 Å². The van der Waals surface area contributed by atoms with Crippen LogP contribution in [-0.2, 0) is 0 Å². The number of nitrogens with one attached hydrogen (secondary N) is 2. The summed E-state index contributed by atoms with van der Waals surface area (Å²) in [5.74, 6) is 0. The lowest BCUT2D eigenvalue weighted by atomic mass is 10.4. The Hall–Kier alpha value is -0.830. The highest BCUT2D eigenvalue weighted by molar-refractivity contribution is 7.80. The number of rotatable bonds is 1. The topological polar surface area (TPSA) is 27.8 Å². The maximum absolute atomic E-state index is 4.92. The van der Waals surface area contributed by atoms with Gasteiger partial charge in [-0.2, -0.15) is 0 Å². The smallest absolute Gasteiger partial charge is 0.0766 e. The molecule has 11 heavy (non-hydrogen) atoms. The van der Waals surface area contributed by atoms with Gasteiger partial charge in [0.05, 0.1) is 10.7 Å². The summed E-state index contributed by atoms with van der Waals surface area (Å²) in [7, 11) is 0. The number of aryl methyl sites for hydroxylation is 2. The van der Waals surface area contributed by atoms with Crippen molar-refractivity contribution < 1.29 is 0 Å². The first-order valence-electron chi connectivity index (χ1n) is 3.53. The largest absolute Gasteiger partial charge is 0.361 e. The molecule has 1 heterocycles. The number of thiocarbonyl (C=S) groups is 1. The summed E-state index contributed by atoms with van der Waals surface area (Å²) in [5, 5.41) is 3.09. The van der Waals surface area contributed by atoms with Crippen LogP contribution in [0.4, 0.5) is 5.69 Å². The Bertz CT molecular complexity index is 276. The van der Waals surface area contributed by atoms with Crippen molar-refractivity contribution in [3.05, 3.63) is 17.5 Å². The SMILES string of the molecule is CC(=S)Nc1cc(C)[nH]c1C. The maximum Gasteiger partial charge on any atom is 0.0766 e. The number of anilines is 1. The molecule has 1 aromatic heterocycles. The van der Waals surface area contributed by atoms with E-state index in [4.69, 9.17) is 12.2 Å². The van der Waals surface area contributed by atoms with E-state index in [2.05, 4.69) is 10.3 Å². The van der Waals surface area contributed by atoms with E-state index >= 15 is 0 Å². The summed E-state index contributed by atoms with van der Waals surface area (Å²) in [6.07, 6.45) is 0. The molecule has 1 rings (SSSR count). The first kappa shape index (κ1) is 8.27. The van der Waals surface area contributed by atoms with Gasteiger partial charge in [-0.05, 0) is 26.8 Å². The Morgan fingerprint density at radius 3 is 2.55 bits per heavy atom.